The second-order valence-corrected chi connectivity index (χ2v) is 5.30. The molecular formula is C17H19F2N3O. The van der Waals surface area contributed by atoms with Gasteiger partial charge in [-0.2, -0.15) is 0 Å². The van der Waals surface area contributed by atoms with E-state index in [0.29, 0.717) is 23.5 Å². The maximum atomic E-state index is 13.2. The summed E-state index contributed by atoms with van der Waals surface area (Å²) in [6.07, 6.45) is 4.95. The molecule has 0 fully saturated rings. The van der Waals surface area contributed by atoms with E-state index >= 15 is 0 Å². The second-order valence-electron chi connectivity index (χ2n) is 5.30. The first-order valence-electron chi connectivity index (χ1n) is 7.44. The average molecular weight is 319 g/mol. The molecule has 1 aromatic heterocycles. The Labute approximate surface area is 134 Å². The topological polar surface area (TPSA) is 45.2 Å². The molecule has 0 aliphatic carbocycles. The molecule has 0 saturated heterocycles. The Morgan fingerprint density at radius 2 is 1.96 bits per heavy atom. The molecule has 2 aromatic rings. The zero-order valence-electron chi connectivity index (χ0n) is 13.1. The molecule has 122 valence electrons. The summed E-state index contributed by atoms with van der Waals surface area (Å²) in [6.45, 7) is 2.74. The maximum Gasteiger partial charge on any atom is 0.255 e. The third kappa shape index (κ3) is 4.48. The average Bonchev–Trinajstić information content (AvgIpc) is 2.55. The zero-order valence-corrected chi connectivity index (χ0v) is 13.1. The first-order valence-corrected chi connectivity index (χ1v) is 7.44. The number of halogens is 2. The SMILES string of the molecule is CCCCN(C)C(=O)c1cncc(Nc2ccc(F)c(F)c2)c1. The molecule has 0 aliphatic heterocycles. The second kappa shape index (κ2) is 7.67. The summed E-state index contributed by atoms with van der Waals surface area (Å²) in [5.74, 6) is -1.97. The molecule has 0 radical (unpaired) electrons. The number of aromatic nitrogens is 1. The largest absolute Gasteiger partial charge is 0.354 e. The number of benzene rings is 1. The summed E-state index contributed by atoms with van der Waals surface area (Å²) in [4.78, 5) is 18.0. The number of carbonyl (C=O) groups is 1. The van der Waals surface area contributed by atoms with Crippen LogP contribution < -0.4 is 5.32 Å². The van der Waals surface area contributed by atoms with E-state index in [0.717, 1.165) is 25.0 Å². The van der Waals surface area contributed by atoms with Crippen molar-refractivity contribution in [3.05, 3.63) is 53.9 Å². The van der Waals surface area contributed by atoms with Crippen LogP contribution in [0.25, 0.3) is 0 Å². The van der Waals surface area contributed by atoms with E-state index in [-0.39, 0.29) is 5.91 Å². The first-order chi connectivity index (χ1) is 11.0. The summed E-state index contributed by atoms with van der Waals surface area (Å²) in [5.41, 5.74) is 1.36. The molecule has 0 spiro atoms. The molecule has 1 amide bonds. The molecule has 2 rings (SSSR count). The minimum Gasteiger partial charge on any atom is -0.354 e. The number of hydrogen-bond acceptors (Lipinski definition) is 3. The smallest absolute Gasteiger partial charge is 0.255 e. The number of rotatable bonds is 6. The molecule has 0 unspecified atom stereocenters. The lowest BCUT2D eigenvalue weighted by molar-refractivity contribution is 0.0793. The number of anilines is 2. The Bertz CT molecular complexity index is 691. The summed E-state index contributed by atoms with van der Waals surface area (Å²) >= 11 is 0. The number of amides is 1. The molecule has 6 heteroatoms. The molecule has 0 saturated carbocycles. The van der Waals surface area contributed by atoms with E-state index < -0.39 is 11.6 Å². The van der Waals surface area contributed by atoms with Crippen molar-refractivity contribution in [3.8, 4) is 0 Å². The minimum absolute atomic E-state index is 0.125. The zero-order chi connectivity index (χ0) is 16.8. The number of carbonyl (C=O) groups excluding carboxylic acids is 1. The monoisotopic (exact) mass is 319 g/mol. The van der Waals surface area contributed by atoms with Crippen LogP contribution in [-0.2, 0) is 0 Å². The van der Waals surface area contributed by atoms with E-state index in [1.807, 2.05) is 0 Å². The number of pyridine rings is 1. The molecule has 1 heterocycles. The van der Waals surface area contributed by atoms with Crippen molar-refractivity contribution in [2.45, 2.75) is 19.8 Å². The lowest BCUT2D eigenvalue weighted by Crippen LogP contribution is -2.27. The van der Waals surface area contributed by atoms with E-state index in [1.54, 1.807) is 18.0 Å². The van der Waals surface area contributed by atoms with Gasteiger partial charge in [0.1, 0.15) is 0 Å². The van der Waals surface area contributed by atoms with Gasteiger partial charge in [-0.25, -0.2) is 8.78 Å². The predicted molar refractivity (Wildman–Crippen MR) is 85.7 cm³/mol. The fraction of sp³-hybridized carbons (Fsp3) is 0.294. The van der Waals surface area contributed by atoms with Crippen LogP contribution in [0.5, 0.6) is 0 Å². The minimum atomic E-state index is -0.936. The Hall–Kier alpha value is -2.50. The number of nitrogens with zero attached hydrogens (tertiary/aromatic N) is 2. The third-order valence-electron chi connectivity index (χ3n) is 3.39. The van der Waals surface area contributed by atoms with Crippen molar-refractivity contribution in [2.24, 2.45) is 0 Å². The van der Waals surface area contributed by atoms with Crippen LogP contribution in [0.1, 0.15) is 30.1 Å². The molecule has 23 heavy (non-hydrogen) atoms. The molecule has 1 aromatic carbocycles. The Balaban J connectivity index is 2.13. The first kappa shape index (κ1) is 16.9. The highest BCUT2D eigenvalue weighted by atomic mass is 19.2. The van der Waals surface area contributed by atoms with Crippen LogP contribution in [0.3, 0.4) is 0 Å². The third-order valence-corrected chi connectivity index (χ3v) is 3.39. The maximum absolute atomic E-state index is 13.2. The lowest BCUT2D eigenvalue weighted by atomic mass is 10.2. The van der Waals surface area contributed by atoms with Gasteiger partial charge in [0, 0.05) is 31.5 Å². The lowest BCUT2D eigenvalue weighted by Gasteiger charge is -2.17. The molecule has 0 atom stereocenters. The van der Waals surface area contributed by atoms with Gasteiger partial charge < -0.3 is 10.2 Å². The molecule has 1 N–H and O–H groups in total. The van der Waals surface area contributed by atoms with E-state index in [4.69, 9.17) is 0 Å². The van der Waals surface area contributed by atoms with Gasteiger partial charge in [-0.3, -0.25) is 9.78 Å². The van der Waals surface area contributed by atoms with Crippen LogP contribution >= 0.6 is 0 Å². The Kier molecular flexibility index (Phi) is 5.62. The van der Waals surface area contributed by atoms with Gasteiger partial charge in [0.05, 0.1) is 17.4 Å². The van der Waals surface area contributed by atoms with Gasteiger partial charge in [0.25, 0.3) is 5.91 Å². The standard InChI is InChI=1S/C17H19F2N3O/c1-3-4-7-22(2)17(23)12-8-14(11-20-10-12)21-13-5-6-15(18)16(19)9-13/h5-6,8-11,21H,3-4,7H2,1-2H3. The Morgan fingerprint density at radius 3 is 2.65 bits per heavy atom. The number of hydrogen-bond donors (Lipinski definition) is 1. The fourth-order valence-electron chi connectivity index (χ4n) is 2.08. The highest BCUT2D eigenvalue weighted by molar-refractivity contribution is 5.94. The summed E-state index contributed by atoms with van der Waals surface area (Å²) in [7, 11) is 1.74. The van der Waals surface area contributed by atoms with Crippen molar-refractivity contribution < 1.29 is 13.6 Å². The normalized spacial score (nSPS) is 10.4. The molecule has 0 aliphatic rings. The summed E-state index contributed by atoms with van der Waals surface area (Å²) < 4.78 is 26.2. The number of nitrogens with one attached hydrogen (secondary N) is 1. The van der Waals surface area contributed by atoms with Crippen LogP contribution in [0.2, 0.25) is 0 Å². The van der Waals surface area contributed by atoms with Gasteiger partial charge in [-0.05, 0) is 24.6 Å². The van der Waals surface area contributed by atoms with Crippen molar-refractivity contribution >= 4 is 17.3 Å². The van der Waals surface area contributed by atoms with Gasteiger partial charge in [0.2, 0.25) is 0 Å². The fourth-order valence-corrected chi connectivity index (χ4v) is 2.08. The van der Waals surface area contributed by atoms with Gasteiger partial charge in [0.15, 0.2) is 11.6 Å². The van der Waals surface area contributed by atoms with Gasteiger partial charge >= 0.3 is 0 Å². The van der Waals surface area contributed by atoms with E-state index in [9.17, 15) is 13.6 Å². The molecular weight excluding hydrogens is 300 g/mol. The van der Waals surface area contributed by atoms with Crippen LogP contribution in [0.4, 0.5) is 20.2 Å². The van der Waals surface area contributed by atoms with Crippen molar-refractivity contribution in [2.75, 3.05) is 18.9 Å². The van der Waals surface area contributed by atoms with E-state index in [2.05, 4.69) is 17.2 Å². The van der Waals surface area contributed by atoms with Gasteiger partial charge in [-0.1, -0.05) is 13.3 Å². The van der Waals surface area contributed by atoms with Crippen molar-refractivity contribution in [1.29, 1.82) is 0 Å². The summed E-state index contributed by atoms with van der Waals surface area (Å²) in [5, 5.41) is 2.91. The highest BCUT2D eigenvalue weighted by Gasteiger charge is 2.12. The van der Waals surface area contributed by atoms with Crippen molar-refractivity contribution in [1.82, 2.24) is 9.88 Å². The molecule has 0 bridgehead atoms. The van der Waals surface area contributed by atoms with Crippen molar-refractivity contribution in [3.63, 3.8) is 0 Å². The predicted octanol–water partition coefficient (Wildman–Crippen LogP) is 3.98. The van der Waals surface area contributed by atoms with Crippen LogP contribution in [0, 0.1) is 11.6 Å². The van der Waals surface area contributed by atoms with Crippen LogP contribution in [0.15, 0.2) is 36.7 Å². The Morgan fingerprint density at radius 1 is 1.17 bits per heavy atom. The quantitative estimate of drug-likeness (QED) is 0.876. The molecule has 4 nitrogen and oxygen atoms in total. The number of unbranched alkanes of at least 4 members (excludes halogenated alkanes) is 1. The van der Waals surface area contributed by atoms with Crippen LogP contribution in [-0.4, -0.2) is 29.4 Å². The highest BCUT2D eigenvalue weighted by Crippen LogP contribution is 2.19. The summed E-state index contributed by atoms with van der Waals surface area (Å²) in [6, 6.07) is 5.15. The van der Waals surface area contributed by atoms with E-state index in [1.165, 1.54) is 18.5 Å². The van der Waals surface area contributed by atoms with Gasteiger partial charge in [-0.15, -0.1) is 0 Å².